The number of halogens is 1. The van der Waals surface area contributed by atoms with Crippen molar-refractivity contribution in [1.29, 1.82) is 0 Å². The molecule has 0 bridgehead atoms. The molecular formula is C18H14BrN3O2S2. The highest BCUT2D eigenvalue weighted by Gasteiger charge is 2.15. The van der Waals surface area contributed by atoms with Crippen molar-refractivity contribution < 1.29 is 9.53 Å². The molecule has 26 heavy (non-hydrogen) atoms. The topological polar surface area (TPSA) is 63.2 Å². The smallest absolute Gasteiger partial charge is 0.261 e. The molecule has 0 saturated heterocycles. The summed E-state index contributed by atoms with van der Waals surface area (Å²) in [6.45, 7) is 0. The maximum Gasteiger partial charge on any atom is 0.261 e. The summed E-state index contributed by atoms with van der Waals surface area (Å²) in [5.41, 5.74) is 2.25. The van der Waals surface area contributed by atoms with Crippen molar-refractivity contribution in [1.82, 2.24) is 10.3 Å². The van der Waals surface area contributed by atoms with E-state index in [2.05, 4.69) is 31.5 Å². The quantitative estimate of drug-likeness (QED) is 0.567. The average Bonchev–Trinajstić information content (AvgIpc) is 3.10. The Kier molecular flexibility index (Phi) is 5.97. The van der Waals surface area contributed by atoms with Gasteiger partial charge >= 0.3 is 0 Å². The van der Waals surface area contributed by atoms with Crippen LogP contribution < -0.4 is 15.4 Å². The lowest BCUT2D eigenvalue weighted by molar-refractivity contribution is 0.0974. The second kappa shape index (κ2) is 8.39. The second-order valence-corrected chi connectivity index (χ2v) is 7.34. The van der Waals surface area contributed by atoms with E-state index < -0.39 is 0 Å². The molecule has 0 spiro atoms. The van der Waals surface area contributed by atoms with Gasteiger partial charge in [0, 0.05) is 15.4 Å². The molecule has 0 radical (unpaired) electrons. The first-order valence-electron chi connectivity index (χ1n) is 7.53. The van der Waals surface area contributed by atoms with Gasteiger partial charge in [-0.15, -0.1) is 11.3 Å². The van der Waals surface area contributed by atoms with Crippen molar-refractivity contribution in [2.45, 2.75) is 0 Å². The normalized spacial score (nSPS) is 10.2. The van der Waals surface area contributed by atoms with Gasteiger partial charge in [-0.3, -0.25) is 10.1 Å². The molecule has 0 aliphatic heterocycles. The SMILES string of the molecule is COc1ccc(Br)cc1C(=O)NC(=S)Nc1nc(-c2ccccc2)cs1. The van der Waals surface area contributed by atoms with Gasteiger partial charge < -0.3 is 10.1 Å². The lowest BCUT2D eigenvalue weighted by atomic mass is 10.2. The van der Waals surface area contributed by atoms with Crippen molar-refractivity contribution >= 4 is 55.6 Å². The van der Waals surface area contributed by atoms with Crippen LogP contribution >= 0.6 is 39.5 Å². The molecular weight excluding hydrogens is 434 g/mol. The Bertz CT molecular complexity index is 945. The van der Waals surface area contributed by atoms with E-state index in [4.69, 9.17) is 17.0 Å². The van der Waals surface area contributed by atoms with Crippen LogP contribution in [-0.2, 0) is 0 Å². The van der Waals surface area contributed by atoms with Gasteiger partial charge in [0.2, 0.25) is 0 Å². The number of carbonyl (C=O) groups excluding carboxylic acids is 1. The molecule has 0 saturated carbocycles. The third-order valence-electron chi connectivity index (χ3n) is 3.43. The second-order valence-electron chi connectivity index (χ2n) is 5.16. The molecule has 8 heteroatoms. The van der Waals surface area contributed by atoms with Gasteiger partial charge in [0.05, 0.1) is 18.4 Å². The van der Waals surface area contributed by atoms with Gasteiger partial charge in [-0.25, -0.2) is 4.98 Å². The third-order valence-corrected chi connectivity index (χ3v) is 4.88. The zero-order chi connectivity index (χ0) is 18.5. The standard InChI is InChI=1S/C18H14BrN3O2S2/c1-24-15-8-7-12(19)9-13(15)16(23)21-17(25)22-18-20-14(10-26-18)11-5-3-2-4-6-11/h2-10H,1H3,(H2,20,21,22,23,25). The molecule has 132 valence electrons. The molecule has 2 N–H and O–H groups in total. The summed E-state index contributed by atoms with van der Waals surface area (Å²) in [6.07, 6.45) is 0. The van der Waals surface area contributed by atoms with Gasteiger partial charge in [-0.1, -0.05) is 46.3 Å². The highest BCUT2D eigenvalue weighted by Crippen LogP contribution is 2.25. The maximum absolute atomic E-state index is 12.4. The van der Waals surface area contributed by atoms with Crippen LogP contribution in [0.4, 0.5) is 5.13 Å². The summed E-state index contributed by atoms with van der Waals surface area (Å²) in [7, 11) is 1.51. The number of hydrogen-bond donors (Lipinski definition) is 2. The van der Waals surface area contributed by atoms with E-state index in [1.54, 1.807) is 18.2 Å². The lowest BCUT2D eigenvalue weighted by Crippen LogP contribution is -2.34. The van der Waals surface area contributed by atoms with Crippen molar-refractivity contribution in [2.24, 2.45) is 0 Å². The van der Waals surface area contributed by atoms with Crippen LogP contribution in [0.1, 0.15) is 10.4 Å². The van der Waals surface area contributed by atoms with Crippen molar-refractivity contribution in [2.75, 3.05) is 12.4 Å². The van der Waals surface area contributed by atoms with Crippen LogP contribution in [0.5, 0.6) is 5.75 Å². The van der Waals surface area contributed by atoms with Gasteiger partial charge in [0.15, 0.2) is 10.2 Å². The molecule has 0 unspecified atom stereocenters. The van der Waals surface area contributed by atoms with E-state index in [1.165, 1.54) is 18.4 Å². The summed E-state index contributed by atoms with van der Waals surface area (Å²) in [6, 6.07) is 15.0. The highest BCUT2D eigenvalue weighted by molar-refractivity contribution is 9.10. The van der Waals surface area contributed by atoms with Crippen LogP contribution in [0.2, 0.25) is 0 Å². The van der Waals surface area contributed by atoms with Crippen LogP contribution in [0.3, 0.4) is 0 Å². The van der Waals surface area contributed by atoms with E-state index in [9.17, 15) is 4.79 Å². The Morgan fingerprint density at radius 2 is 2.00 bits per heavy atom. The third kappa shape index (κ3) is 4.46. The summed E-state index contributed by atoms with van der Waals surface area (Å²) in [5, 5.41) is 8.29. The number of rotatable bonds is 4. The summed E-state index contributed by atoms with van der Waals surface area (Å²) < 4.78 is 5.99. The molecule has 1 aromatic heterocycles. The van der Waals surface area contributed by atoms with Crippen LogP contribution in [-0.4, -0.2) is 23.1 Å². The number of hydrogen-bond acceptors (Lipinski definition) is 5. The van der Waals surface area contributed by atoms with Gasteiger partial charge in [-0.2, -0.15) is 0 Å². The van der Waals surface area contributed by atoms with E-state index in [0.29, 0.717) is 16.4 Å². The number of anilines is 1. The zero-order valence-electron chi connectivity index (χ0n) is 13.7. The Balaban J connectivity index is 1.67. The Morgan fingerprint density at radius 3 is 2.73 bits per heavy atom. The van der Waals surface area contributed by atoms with Gasteiger partial charge in [0.25, 0.3) is 5.91 Å². The van der Waals surface area contributed by atoms with Crippen molar-refractivity contribution in [3.05, 3.63) is 63.9 Å². The highest BCUT2D eigenvalue weighted by atomic mass is 79.9. The summed E-state index contributed by atoms with van der Waals surface area (Å²) in [4.78, 5) is 16.9. The molecule has 5 nitrogen and oxygen atoms in total. The van der Waals surface area contributed by atoms with E-state index in [1.807, 2.05) is 35.7 Å². The van der Waals surface area contributed by atoms with Crippen LogP contribution in [0, 0.1) is 0 Å². The number of carbonyl (C=O) groups is 1. The predicted molar refractivity (Wildman–Crippen MR) is 112 cm³/mol. The Morgan fingerprint density at radius 1 is 1.23 bits per heavy atom. The minimum Gasteiger partial charge on any atom is -0.496 e. The number of thiocarbonyl (C=S) groups is 1. The first-order valence-corrected chi connectivity index (χ1v) is 9.61. The molecule has 0 aliphatic rings. The van der Waals surface area contributed by atoms with E-state index >= 15 is 0 Å². The molecule has 3 rings (SSSR count). The number of nitrogens with zero attached hydrogens (tertiary/aromatic N) is 1. The summed E-state index contributed by atoms with van der Waals surface area (Å²) in [5.74, 6) is 0.106. The van der Waals surface area contributed by atoms with E-state index in [-0.39, 0.29) is 11.0 Å². The number of ether oxygens (including phenoxy) is 1. The predicted octanol–water partition coefficient (Wildman–Crippen LogP) is 4.71. The number of amides is 1. The van der Waals surface area contributed by atoms with Gasteiger partial charge in [0.1, 0.15) is 5.75 Å². The molecule has 0 aliphatic carbocycles. The lowest BCUT2D eigenvalue weighted by Gasteiger charge is -2.10. The molecule has 0 atom stereocenters. The van der Waals surface area contributed by atoms with Crippen LogP contribution in [0.15, 0.2) is 58.4 Å². The number of methoxy groups -OCH3 is 1. The Hall–Kier alpha value is -2.29. The van der Waals surface area contributed by atoms with Crippen LogP contribution in [0.25, 0.3) is 11.3 Å². The number of aromatic nitrogens is 1. The van der Waals surface area contributed by atoms with Crippen molar-refractivity contribution in [3.63, 3.8) is 0 Å². The molecule has 0 fully saturated rings. The number of benzene rings is 2. The number of thiazole rings is 1. The largest absolute Gasteiger partial charge is 0.496 e. The molecule has 3 aromatic rings. The van der Waals surface area contributed by atoms with Gasteiger partial charge in [-0.05, 0) is 30.4 Å². The fourth-order valence-corrected chi connectivity index (χ4v) is 3.57. The fraction of sp³-hybridized carbons (Fsp3) is 0.0556. The molecule has 1 heterocycles. The first-order chi connectivity index (χ1) is 12.6. The minimum atomic E-state index is -0.361. The summed E-state index contributed by atoms with van der Waals surface area (Å²) >= 11 is 9.98. The van der Waals surface area contributed by atoms with Crippen molar-refractivity contribution in [3.8, 4) is 17.0 Å². The van der Waals surface area contributed by atoms with E-state index in [0.717, 1.165) is 15.7 Å². The number of nitrogens with one attached hydrogen (secondary N) is 2. The zero-order valence-corrected chi connectivity index (χ0v) is 16.9. The maximum atomic E-state index is 12.4. The molecule has 2 aromatic carbocycles. The fourth-order valence-electron chi connectivity index (χ4n) is 2.23. The minimum absolute atomic E-state index is 0.172. The molecule has 1 amide bonds. The Labute approximate surface area is 168 Å². The monoisotopic (exact) mass is 447 g/mol. The average molecular weight is 448 g/mol. The first kappa shape index (κ1) is 18.5.